The minimum atomic E-state index is -4.27. The molecule has 2 heterocycles. The van der Waals surface area contributed by atoms with Crippen LogP contribution in [0.4, 0.5) is 27.6 Å². The Morgan fingerprint density at radius 3 is 2.59 bits per heavy atom. The van der Waals surface area contributed by atoms with Gasteiger partial charge >= 0.3 is 12.6 Å². The number of nitrogens with one attached hydrogen (secondary N) is 1. The van der Waals surface area contributed by atoms with Gasteiger partial charge in [-0.1, -0.05) is 40.9 Å². The largest absolute Gasteiger partial charge is 0.393 e. The minimum Gasteiger partial charge on any atom is -0.370 e. The van der Waals surface area contributed by atoms with E-state index in [0.717, 1.165) is 0 Å². The molecule has 0 radical (unpaired) electrons. The Bertz CT molecular complexity index is 1330. The molecule has 0 saturated carbocycles. The van der Waals surface area contributed by atoms with Crippen molar-refractivity contribution in [3.63, 3.8) is 0 Å². The number of alkyl halides is 5. The van der Waals surface area contributed by atoms with Crippen molar-refractivity contribution in [1.82, 2.24) is 14.9 Å². The van der Waals surface area contributed by atoms with Crippen LogP contribution in [0.15, 0.2) is 24.3 Å². The zero-order chi connectivity index (χ0) is 27.1. The van der Waals surface area contributed by atoms with Gasteiger partial charge in [-0.15, -0.1) is 0 Å². The summed E-state index contributed by atoms with van der Waals surface area (Å²) in [4.78, 5) is 17.5. The monoisotopic (exact) mass is 582 g/mol. The Kier molecular flexibility index (Phi) is 8.11. The van der Waals surface area contributed by atoms with Crippen LogP contribution in [0.1, 0.15) is 29.8 Å². The second-order valence-electron chi connectivity index (χ2n) is 8.90. The quantitative estimate of drug-likeness (QED) is 0.326. The molecule has 1 aromatic heterocycles. The standard InChI is InChI=1S/C24H22Cl3F5N4O/c1-35-19-9-18(36-6-2-3-13(11-36)24(30,31)32)16(26)8-17(19)34-20(35)7-14-15(25)5-4-12(21(14)27)10-33-23(37)22(28)29/h4-5,8-9,13,22H,2-3,6-7,10-11H2,1H3,(H,33,37). The van der Waals surface area contributed by atoms with Crippen molar-refractivity contribution >= 4 is 57.4 Å². The number of carbonyl (C=O) groups is 1. The minimum absolute atomic E-state index is 0.0854. The second-order valence-corrected chi connectivity index (χ2v) is 10.1. The van der Waals surface area contributed by atoms with E-state index in [9.17, 15) is 26.7 Å². The normalized spacial score (nSPS) is 16.6. The molecule has 1 atom stereocenters. The number of imidazole rings is 1. The number of rotatable bonds is 6. The molecular weight excluding hydrogens is 562 g/mol. The summed E-state index contributed by atoms with van der Waals surface area (Å²) in [6, 6.07) is 6.43. The van der Waals surface area contributed by atoms with E-state index in [1.54, 1.807) is 34.7 Å². The maximum atomic E-state index is 13.3. The first kappa shape index (κ1) is 27.7. The molecule has 1 saturated heterocycles. The summed E-state index contributed by atoms with van der Waals surface area (Å²) in [5.74, 6) is -2.28. The number of fused-ring (bicyclic) bond motifs is 1. The third-order valence-electron chi connectivity index (χ3n) is 6.52. The Hall–Kier alpha value is -2.30. The van der Waals surface area contributed by atoms with Gasteiger partial charge in [-0.05, 0) is 42.2 Å². The zero-order valence-electron chi connectivity index (χ0n) is 19.5. The predicted octanol–water partition coefficient (Wildman–Crippen LogP) is 6.78. The third kappa shape index (κ3) is 5.91. The lowest BCUT2D eigenvalue weighted by Gasteiger charge is -2.35. The van der Waals surface area contributed by atoms with Gasteiger partial charge < -0.3 is 14.8 Å². The Morgan fingerprint density at radius 1 is 1.19 bits per heavy atom. The number of hydrogen-bond acceptors (Lipinski definition) is 3. The van der Waals surface area contributed by atoms with Crippen LogP contribution < -0.4 is 10.2 Å². The highest BCUT2D eigenvalue weighted by Crippen LogP contribution is 2.39. The Balaban J connectivity index is 1.63. The molecule has 37 heavy (non-hydrogen) atoms. The number of piperidine rings is 1. The Morgan fingerprint density at radius 2 is 1.92 bits per heavy atom. The molecule has 0 aliphatic carbocycles. The summed E-state index contributed by atoms with van der Waals surface area (Å²) in [6.07, 6.45) is -6.76. The number of amides is 1. The molecule has 0 bridgehead atoms. The predicted molar refractivity (Wildman–Crippen MR) is 134 cm³/mol. The number of hydrogen-bond donors (Lipinski definition) is 1. The molecule has 1 N–H and O–H groups in total. The van der Waals surface area contributed by atoms with E-state index >= 15 is 0 Å². The van der Waals surface area contributed by atoms with Crippen molar-refractivity contribution in [2.45, 2.75) is 38.4 Å². The summed E-state index contributed by atoms with van der Waals surface area (Å²) in [5, 5.41) is 2.94. The number of aromatic nitrogens is 2. The number of halogens is 8. The molecule has 1 fully saturated rings. The van der Waals surface area contributed by atoms with E-state index in [-0.39, 0.29) is 31.0 Å². The highest BCUT2D eigenvalue weighted by atomic mass is 35.5. The van der Waals surface area contributed by atoms with Crippen molar-refractivity contribution < 1.29 is 26.7 Å². The van der Waals surface area contributed by atoms with Crippen LogP contribution in [0.2, 0.25) is 15.1 Å². The molecule has 1 aliphatic rings. The van der Waals surface area contributed by atoms with Crippen LogP contribution in [-0.4, -0.2) is 41.1 Å². The zero-order valence-corrected chi connectivity index (χ0v) is 21.7. The molecule has 2 aromatic carbocycles. The molecule has 1 unspecified atom stereocenters. The van der Waals surface area contributed by atoms with Gasteiger partial charge in [0.1, 0.15) is 5.82 Å². The van der Waals surface area contributed by atoms with E-state index < -0.39 is 24.4 Å². The lowest BCUT2D eigenvalue weighted by molar-refractivity contribution is -0.176. The van der Waals surface area contributed by atoms with E-state index in [0.29, 0.717) is 56.7 Å². The van der Waals surface area contributed by atoms with Gasteiger partial charge in [0, 0.05) is 38.1 Å². The van der Waals surface area contributed by atoms with Crippen molar-refractivity contribution in [3.8, 4) is 0 Å². The highest BCUT2D eigenvalue weighted by Gasteiger charge is 2.42. The van der Waals surface area contributed by atoms with Crippen molar-refractivity contribution in [3.05, 3.63) is 56.3 Å². The van der Waals surface area contributed by atoms with Crippen LogP contribution in [-0.2, 0) is 24.8 Å². The van der Waals surface area contributed by atoms with E-state index in [2.05, 4.69) is 10.3 Å². The summed E-state index contributed by atoms with van der Waals surface area (Å²) in [5.41, 5.74) is 2.61. The van der Waals surface area contributed by atoms with Gasteiger partial charge in [0.2, 0.25) is 0 Å². The fraction of sp³-hybridized carbons (Fsp3) is 0.417. The lowest BCUT2D eigenvalue weighted by Crippen LogP contribution is -2.41. The first-order valence-electron chi connectivity index (χ1n) is 11.3. The molecule has 1 amide bonds. The van der Waals surface area contributed by atoms with Crippen LogP contribution >= 0.6 is 34.8 Å². The summed E-state index contributed by atoms with van der Waals surface area (Å²) in [6.45, 7) is 0.0879. The fourth-order valence-electron chi connectivity index (χ4n) is 4.48. The molecule has 1 aliphatic heterocycles. The molecule has 200 valence electrons. The van der Waals surface area contributed by atoms with E-state index in [4.69, 9.17) is 34.8 Å². The maximum absolute atomic E-state index is 13.3. The maximum Gasteiger partial charge on any atom is 0.393 e. The molecular formula is C24H22Cl3F5N4O. The smallest absolute Gasteiger partial charge is 0.370 e. The summed E-state index contributed by atoms with van der Waals surface area (Å²) < 4.78 is 66.8. The van der Waals surface area contributed by atoms with Crippen LogP contribution in [0, 0.1) is 5.92 Å². The molecule has 0 spiro atoms. The first-order chi connectivity index (χ1) is 17.4. The van der Waals surface area contributed by atoms with Crippen LogP contribution in [0.25, 0.3) is 11.0 Å². The van der Waals surface area contributed by atoms with Crippen molar-refractivity contribution in [2.75, 3.05) is 18.0 Å². The summed E-state index contributed by atoms with van der Waals surface area (Å²) >= 11 is 19.3. The molecule has 13 heteroatoms. The third-order valence-corrected chi connectivity index (χ3v) is 7.65. The van der Waals surface area contributed by atoms with Gasteiger partial charge in [0.25, 0.3) is 5.91 Å². The molecule has 5 nitrogen and oxygen atoms in total. The van der Waals surface area contributed by atoms with Gasteiger partial charge in [-0.25, -0.2) is 4.98 Å². The molecule has 4 rings (SSSR count). The van der Waals surface area contributed by atoms with Gasteiger partial charge in [0.15, 0.2) is 0 Å². The molecule has 3 aromatic rings. The topological polar surface area (TPSA) is 50.2 Å². The second kappa shape index (κ2) is 10.8. The first-order valence-corrected chi connectivity index (χ1v) is 12.5. The van der Waals surface area contributed by atoms with Crippen LogP contribution in [0.5, 0.6) is 0 Å². The average molecular weight is 584 g/mol. The lowest BCUT2D eigenvalue weighted by atomic mass is 9.97. The average Bonchev–Trinajstić information content (AvgIpc) is 3.13. The van der Waals surface area contributed by atoms with Gasteiger partial charge in [-0.3, -0.25) is 4.79 Å². The highest BCUT2D eigenvalue weighted by molar-refractivity contribution is 6.36. The number of nitrogens with zero attached hydrogens (tertiary/aromatic N) is 3. The summed E-state index contributed by atoms with van der Waals surface area (Å²) in [7, 11) is 1.76. The SMILES string of the molecule is Cn1c(Cc2c(Cl)ccc(CNC(=O)C(F)F)c2Cl)nc2cc(Cl)c(N3CCCC(C(F)(F)F)C3)cc21. The van der Waals surface area contributed by atoms with Crippen molar-refractivity contribution in [2.24, 2.45) is 13.0 Å². The number of benzene rings is 2. The fourth-order valence-corrected chi connectivity index (χ4v) is 5.33. The number of carbonyl (C=O) groups excluding carboxylic acids is 1. The van der Waals surface area contributed by atoms with Gasteiger partial charge in [0.05, 0.1) is 32.7 Å². The van der Waals surface area contributed by atoms with Crippen LogP contribution in [0.3, 0.4) is 0 Å². The number of anilines is 1. The van der Waals surface area contributed by atoms with Gasteiger partial charge in [-0.2, -0.15) is 22.0 Å². The van der Waals surface area contributed by atoms with Crippen molar-refractivity contribution in [1.29, 1.82) is 0 Å². The van der Waals surface area contributed by atoms with E-state index in [1.165, 1.54) is 6.07 Å². The van der Waals surface area contributed by atoms with E-state index in [1.807, 2.05) is 0 Å². The number of aryl methyl sites for hydroxylation is 1. The Labute approximate surface area is 224 Å².